The van der Waals surface area contributed by atoms with Gasteiger partial charge in [-0.1, -0.05) is 23.7 Å². The first-order chi connectivity index (χ1) is 8.43. The highest BCUT2D eigenvalue weighted by Gasteiger charge is 2.38. The molecule has 4 nitrogen and oxygen atoms in total. The summed E-state index contributed by atoms with van der Waals surface area (Å²) in [6.45, 7) is 5.24. The maximum atomic E-state index is 12.2. The Morgan fingerprint density at radius 1 is 1.28 bits per heavy atom. The molecule has 1 aromatic carbocycles. The van der Waals surface area contributed by atoms with Crippen LogP contribution in [0.25, 0.3) is 0 Å². The van der Waals surface area contributed by atoms with E-state index >= 15 is 0 Å². The van der Waals surface area contributed by atoms with Crippen LogP contribution in [-0.4, -0.2) is 23.9 Å². The molecule has 2 rings (SSSR count). The Balaban J connectivity index is 2.53. The van der Waals surface area contributed by atoms with Crippen LogP contribution in [0.5, 0.6) is 0 Å². The zero-order valence-corrected chi connectivity index (χ0v) is 11.3. The summed E-state index contributed by atoms with van der Waals surface area (Å²) >= 11 is 6.16. The summed E-state index contributed by atoms with van der Waals surface area (Å²) in [5.74, 6) is -0.306. The minimum atomic E-state index is -0.549. The van der Waals surface area contributed by atoms with Gasteiger partial charge in [0.1, 0.15) is 12.1 Å². The van der Waals surface area contributed by atoms with Crippen LogP contribution in [0.4, 0.5) is 5.69 Å². The largest absolute Gasteiger partial charge is 0.343 e. The molecule has 0 aromatic heterocycles. The number of hydrogen-bond acceptors (Lipinski definition) is 2. The van der Waals surface area contributed by atoms with Crippen molar-refractivity contribution in [1.82, 2.24) is 5.32 Å². The van der Waals surface area contributed by atoms with Gasteiger partial charge >= 0.3 is 0 Å². The first kappa shape index (κ1) is 12.9. The Kier molecular flexibility index (Phi) is 3.30. The van der Waals surface area contributed by atoms with E-state index in [0.717, 1.165) is 5.56 Å². The lowest BCUT2D eigenvalue weighted by Gasteiger charge is -2.37. The molecular formula is C13H15ClN2O2. The molecule has 1 heterocycles. The van der Waals surface area contributed by atoms with Crippen LogP contribution >= 0.6 is 11.6 Å². The zero-order chi connectivity index (χ0) is 13.4. The summed E-state index contributed by atoms with van der Waals surface area (Å²) < 4.78 is 0. The Morgan fingerprint density at radius 2 is 1.94 bits per heavy atom. The molecule has 1 aliphatic heterocycles. The van der Waals surface area contributed by atoms with Crippen molar-refractivity contribution in [1.29, 1.82) is 0 Å². The highest BCUT2D eigenvalue weighted by Crippen LogP contribution is 2.32. The van der Waals surface area contributed by atoms with E-state index in [9.17, 15) is 9.59 Å². The van der Waals surface area contributed by atoms with Crippen LogP contribution in [0.3, 0.4) is 0 Å². The number of halogens is 1. The molecule has 1 N–H and O–H groups in total. The van der Waals surface area contributed by atoms with Crippen LogP contribution < -0.4 is 10.2 Å². The lowest BCUT2D eigenvalue weighted by Crippen LogP contribution is -2.62. The van der Waals surface area contributed by atoms with Crippen molar-refractivity contribution < 1.29 is 9.59 Å². The van der Waals surface area contributed by atoms with Gasteiger partial charge in [-0.15, -0.1) is 0 Å². The summed E-state index contributed by atoms with van der Waals surface area (Å²) in [7, 11) is 0. The fourth-order valence-electron chi connectivity index (χ4n) is 2.14. The quantitative estimate of drug-likeness (QED) is 0.844. The molecule has 0 bridgehead atoms. The number of nitrogens with one attached hydrogen (secondary N) is 1. The minimum absolute atomic E-state index is 0.140. The van der Waals surface area contributed by atoms with Crippen molar-refractivity contribution >= 4 is 29.1 Å². The van der Waals surface area contributed by atoms with Crippen LogP contribution in [0.15, 0.2) is 18.2 Å². The van der Waals surface area contributed by atoms with E-state index in [2.05, 4.69) is 5.32 Å². The highest BCUT2D eigenvalue weighted by atomic mass is 35.5. The van der Waals surface area contributed by atoms with Crippen LogP contribution in [0, 0.1) is 6.92 Å². The average molecular weight is 267 g/mol. The molecule has 5 heteroatoms. The van der Waals surface area contributed by atoms with E-state index in [-0.39, 0.29) is 11.8 Å². The number of nitrogens with zero attached hydrogens (tertiary/aromatic N) is 1. The van der Waals surface area contributed by atoms with Crippen LogP contribution in [-0.2, 0) is 9.59 Å². The van der Waals surface area contributed by atoms with Crippen molar-refractivity contribution in [3.63, 3.8) is 0 Å². The fourth-order valence-corrected chi connectivity index (χ4v) is 2.46. The number of piperazine rings is 1. The predicted octanol–water partition coefficient (Wildman–Crippen LogP) is 1.89. The Morgan fingerprint density at radius 3 is 2.56 bits per heavy atom. The van der Waals surface area contributed by atoms with Gasteiger partial charge in [-0.2, -0.15) is 0 Å². The van der Waals surface area contributed by atoms with Crippen molar-refractivity contribution in [2.24, 2.45) is 0 Å². The molecule has 1 aromatic rings. The van der Waals surface area contributed by atoms with Crippen molar-refractivity contribution in [2.45, 2.75) is 32.9 Å². The van der Waals surface area contributed by atoms with Crippen molar-refractivity contribution in [3.05, 3.63) is 28.8 Å². The molecule has 96 valence electrons. The fraction of sp³-hybridized carbons (Fsp3) is 0.385. The van der Waals surface area contributed by atoms with E-state index in [1.807, 2.05) is 19.1 Å². The molecule has 2 amide bonds. The number of rotatable bonds is 1. The molecule has 0 spiro atoms. The Bertz CT molecular complexity index is 495. The second-order valence-corrected chi connectivity index (χ2v) is 4.93. The number of carbonyl (C=O) groups excluding carboxylic acids is 2. The standard InChI is InChI=1S/C13H15ClN2O2/c1-7-5-4-6-10(14)11(7)16-9(3)12(17)15-8(2)13(16)18/h4-6,8-9H,1-3H3,(H,15,17). The van der Waals surface area contributed by atoms with Gasteiger partial charge in [-0.25, -0.2) is 0 Å². The van der Waals surface area contributed by atoms with E-state index in [4.69, 9.17) is 11.6 Å². The summed E-state index contributed by atoms with van der Waals surface area (Å²) in [5, 5.41) is 3.13. The summed E-state index contributed by atoms with van der Waals surface area (Å²) in [6, 6.07) is 4.35. The van der Waals surface area contributed by atoms with Crippen molar-refractivity contribution in [2.75, 3.05) is 4.90 Å². The second kappa shape index (κ2) is 4.61. The highest BCUT2D eigenvalue weighted by molar-refractivity contribution is 6.34. The predicted molar refractivity (Wildman–Crippen MR) is 70.7 cm³/mol. The van der Waals surface area contributed by atoms with E-state index < -0.39 is 12.1 Å². The molecule has 18 heavy (non-hydrogen) atoms. The maximum Gasteiger partial charge on any atom is 0.250 e. The van der Waals surface area contributed by atoms with E-state index in [0.29, 0.717) is 10.7 Å². The Hall–Kier alpha value is -1.55. The molecule has 1 fully saturated rings. The first-order valence-corrected chi connectivity index (χ1v) is 6.20. The van der Waals surface area contributed by atoms with Gasteiger partial charge in [0.25, 0.3) is 0 Å². The molecular weight excluding hydrogens is 252 g/mol. The lowest BCUT2D eigenvalue weighted by atomic mass is 10.1. The third kappa shape index (κ3) is 1.97. The smallest absolute Gasteiger partial charge is 0.250 e. The monoisotopic (exact) mass is 266 g/mol. The first-order valence-electron chi connectivity index (χ1n) is 5.82. The molecule has 1 aliphatic rings. The van der Waals surface area contributed by atoms with Gasteiger partial charge in [0.2, 0.25) is 11.8 Å². The van der Waals surface area contributed by atoms with Gasteiger partial charge in [0.05, 0.1) is 10.7 Å². The minimum Gasteiger partial charge on any atom is -0.343 e. The second-order valence-electron chi connectivity index (χ2n) is 4.52. The van der Waals surface area contributed by atoms with Crippen LogP contribution in [0.2, 0.25) is 5.02 Å². The third-order valence-electron chi connectivity index (χ3n) is 3.16. The van der Waals surface area contributed by atoms with Crippen LogP contribution in [0.1, 0.15) is 19.4 Å². The van der Waals surface area contributed by atoms with Gasteiger partial charge in [0, 0.05) is 0 Å². The normalized spacial score (nSPS) is 24.1. The third-order valence-corrected chi connectivity index (χ3v) is 3.47. The zero-order valence-electron chi connectivity index (χ0n) is 10.5. The molecule has 0 radical (unpaired) electrons. The number of aryl methyl sites for hydroxylation is 1. The Labute approximate surface area is 111 Å². The number of anilines is 1. The molecule has 1 saturated heterocycles. The summed E-state index contributed by atoms with van der Waals surface area (Å²) in [6.07, 6.45) is 0. The molecule has 0 aliphatic carbocycles. The van der Waals surface area contributed by atoms with E-state index in [1.54, 1.807) is 19.9 Å². The molecule has 2 atom stereocenters. The van der Waals surface area contributed by atoms with Gasteiger partial charge in [-0.3, -0.25) is 14.5 Å². The maximum absolute atomic E-state index is 12.2. The number of benzene rings is 1. The average Bonchev–Trinajstić information content (AvgIpc) is 2.30. The summed E-state index contributed by atoms with van der Waals surface area (Å²) in [4.78, 5) is 25.5. The van der Waals surface area contributed by atoms with Gasteiger partial charge in [0.15, 0.2) is 0 Å². The number of para-hydroxylation sites is 1. The summed E-state index contributed by atoms with van der Waals surface area (Å²) in [5.41, 5.74) is 1.50. The van der Waals surface area contributed by atoms with Gasteiger partial charge < -0.3 is 5.32 Å². The topological polar surface area (TPSA) is 49.4 Å². The number of hydrogen-bond donors (Lipinski definition) is 1. The van der Waals surface area contributed by atoms with E-state index in [1.165, 1.54) is 4.90 Å². The molecule has 0 saturated carbocycles. The molecule has 2 unspecified atom stereocenters. The number of carbonyl (C=O) groups is 2. The van der Waals surface area contributed by atoms with Crippen molar-refractivity contribution in [3.8, 4) is 0 Å². The lowest BCUT2D eigenvalue weighted by molar-refractivity contribution is -0.133. The number of amides is 2. The SMILES string of the molecule is Cc1cccc(Cl)c1N1C(=O)C(C)NC(=O)C1C. The van der Waals surface area contributed by atoms with Gasteiger partial charge in [-0.05, 0) is 32.4 Å².